The lowest BCUT2D eigenvalue weighted by Gasteiger charge is -2.17. The van der Waals surface area contributed by atoms with Crippen molar-refractivity contribution in [1.82, 2.24) is 19.2 Å². The van der Waals surface area contributed by atoms with Crippen LogP contribution in [0.15, 0.2) is 59.9 Å². The number of sulfonamides is 1. The normalized spacial score (nSPS) is 16.8. The zero-order chi connectivity index (χ0) is 22.7. The van der Waals surface area contributed by atoms with E-state index < -0.39 is 15.8 Å². The van der Waals surface area contributed by atoms with Gasteiger partial charge in [-0.3, -0.25) is 0 Å². The topological polar surface area (TPSA) is 111 Å². The summed E-state index contributed by atoms with van der Waals surface area (Å²) in [5.41, 5.74) is 1.60. The van der Waals surface area contributed by atoms with Crippen LogP contribution in [0.1, 0.15) is 23.2 Å². The zero-order valence-electron chi connectivity index (χ0n) is 17.1. The van der Waals surface area contributed by atoms with Gasteiger partial charge in [-0.15, -0.1) is 0 Å². The van der Waals surface area contributed by atoms with Gasteiger partial charge in [0, 0.05) is 38.4 Å². The molecule has 1 saturated heterocycles. The molecular formula is C22H22FN5O3S. The Morgan fingerprint density at radius 1 is 1.28 bits per heavy atom. The second-order valence-electron chi connectivity index (χ2n) is 7.67. The Balaban J connectivity index is 1.37. The van der Waals surface area contributed by atoms with Gasteiger partial charge in [0.2, 0.25) is 10.0 Å². The molecule has 0 unspecified atom stereocenters. The van der Waals surface area contributed by atoms with Crippen LogP contribution in [0.3, 0.4) is 0 Å². The molecule has 0 amide bonds. The largest absolute Gasteiger partial charge is 0.508 e. The van der Waals surface area contributed by atoms with Crippen molar-refractivity contribution in [2.75, 3.05) is 13.1 Å². The second-order valence-corrected chi connectivity index (χ2v) is 9.60. The van der Waals surface area contributed by atoms with E-state index in [0.717, 1.165) is 5.69 Å². The first kappa shape index (κ1) is 22.0. The number of aromatic nitrogens is 2. The lowest BCUT2D eigenvalue weighted by atomic mass is 10.1. The molecule has 0 spiro atoms. The van der Waals surface area contributed by atoms with Crippen molar-refractivity contribution in [2.45, 2.75) is 30.4 Å². The van der Waals surface area contributed by atoms with Crippen molar-refractivity contribution in [3.8, 4) is 11.8 Å². The summed E-state index contributed by atoms with van der Waals surface area (Å²) >= 11 is 0. The highest BCUT2D eigenvalue weighted by atomic mass is 32.2. The number of rotatable bonds is 7. The molecule has 0 radical (unpaired) electrons. The molecule has 3 aromatic rings. The Morgan fingerprint density at radius 3 is 2.88 bits per heavy atom. The number of phenols is 1. The predicted molar refractivity (Wildman–Crippen MR) is 115 cm³/mol. The number of halogens is 1. The van der Waals surface area contributed by atoms with Gasteiger partial charge in [-0.2, -0.15) is 9.57 Å². The molecule has 166 valence electrons. The molecule has 0 saturated carbocycles. The number of benzene rings is 2. The van der Waals surface area contributed by atoms with Crippen molar-refractivity contribution < 1.29 is 17.9 Å². The molecule has 1 atom stereocenters. The van der Waals surface area contributed by atoms with Crippen LogP contribution in [0, 0.1) is 17.1 Å². The highest BCUT2D eigenvalue weighted by molar-refractivity contribution is 7.89. The van der Waals surface area contributed by atoms with Gasteiger partial charge >= 0.3 is 0 Å². The Labute approximate surface area is 185 Å². The summed E-state index contributed by atoms with van der Waals surface area (Å²) in [5.74, 6) is -0.640. The Morgan fingerprint density at radius 2 is 2.12 bits per heavy atom. The van der Waals surface area contributed by atoms with E-state index in [-0.39, 0.29) is 22.3 Å². The number of aromatic hydroxyl groups is 1. The van der Waals surface area contributed by atoms with Gasteiger partial charge in [-0.1, -0.05) is 12.1 Å². The molecule has 1 fully saturated rings. The van der Waals surface area contributed by atoms with E-state index in [9.17, 15) is 17.9 Å². The quantitative estimate of drug-likeness (QED) is 0.565. The molecule has 1 aromatic heterocycles. The van der Waals surface area contributed by atoms with Gasteiger partial charge in [0.05, 0.1) is 22.5 Å². The van der Waals surface area contributed by atoms with Gasteiger partial charge in [-0.25, -0.2) is 17.8 Å². The maximum absolute atomic E-state index is 13.9. The standard InChI is InChI=1S/C22H22FN5O3S/c23-22-8-16(4-5-17(22)10-24)13-27-15-25-11-19(27)12-26-18-6-7-28(14-18)32(30,31)21-3-1-2-20(29)9-21/h1-5,8-9,11,15,18,26,29H,6-7,12-14H2/t18-/m0/s1. The summed E-state index contributed by atoms with van der Waals surface area (Å²) in [5, 5.41) is 21.8. The number of hydrogen-bond donors (Lipinski definition) is 2. The lowest BCUT2D eigenvalue weighted by molar-refractivity contribution is 0.451. The third-order valence-electron chi connectivity index (χ3n) is 5.48. The predicted octanol–water partition coefficient (Wildman–Crippen LogP) is 2.20. The van der Waals surface area contributed by atoms with Crippen LogP contribution in [-0.4, -0.2) is 46.5 Å². The fraction of sp³-hybridized carbons (Fsp3) is 0.273. The number of nitrogens with zero attached hydrogens (tertiary/aromatic N) is 4. The monoisotopic (exact) mass is 455 g/mol. The molecular weight excluding hydrogens is 433 g/mol. The van der Waals surface area contributed by atoms with Gasteiger partial charge in [0.15, 0.2) is 0 Å². The molecule has 32 heavy (non-hydrogen) atoms. The average molecular weight is 456 g/mol. The minimum Gasteiger partial charge on any atom is -0.508 e. The van der Waals surface area contributed by atoms with E-state index in [1.165, 1.54) is 40.7 Å². The number of nitrogens with one attached hydrogen (secondary N) is 1. The summed E-state index contributed by atoms with van der Waals surface area (Å²) in [6.45, 7) is 1.60. The minimum atomic E-state index is -3.67. The van der Waals surface area contributed by atoms with Gasteiger partial charge in [-0.05, 0) is 42.3 Å². The van der Waals surface area contributed by atoms with Crippen molar-refractivity contribution in [1.29, 1.82) is 5.26 Å². The summed E-state index contributed by atoms with van der Waals surface area (Å²) in [4.78, 5) is 4.24. The number of phenolic OH excluding ortho intramolecular Hbond substituents is 1. The van der Waals surface area contributed by atoms with Crippen LogP contribution in [-0.2, 0) is 23.1 Å². The van der Waals surface area contributed by atoms with E-state index in [0.29, 0.717) is 38.2 Å². The first-order valence-electron chi connectivity index (χ1n) is 10.1. The summed E-state index contributed by atoms with van der Waals surface area (Å²) in [6.07, 6.45) is 4.02. The summed E-state index contributed by atoms with van der Waals surface area (Å²) in [7, 11) is -3.67. The molecule has 1 aliphatic rings. The minimum absolute atomic E-state index is 0.00715. The van der Waals surface area contributed by atoms with E-state index in [1.54, 1.807) is 18.6 Å². The molecule has 2 heterocycles. The number of hydrogen-bond acceptors (Lipinski definition) is 6. The number of nitriles is 1. The first-order valence-corrected chi connectivity index (χ1v) is 11.5. The molecule has 4 rings (SSSR count). The molecule has 0 aliphatic carbocycles. The highest BCUT2D eigenvalue weighted by Gasteiger charge is 2.32. The second kappa shape index (κ2) is 9.08. The van der Waals surface area contributed by atoms with E-state index in [4.69, 9.17) is 5.26 Å². The molecule has 2 N–H and O–H groups in total. The Hall–Kier alpha value is -3.26. The summed E-state index contributed by atoms with van der Waals surface area (Å²) in [6, 6.07) is 12.0. The van der Waals surface area contributed by atoms with Crippen molar-refractivity contribution in [3.05, 3.63) is 77.6 Å². The maximum atomic E-state index is 13.9. The van der Waals surface area contributed by atoms with E-state index >= 15 is 0 Å². The molecule has 2 aromatic carbocycles. The van der Waals surface area contributed by atoms with E-state index in [2.05, 4.69) is 10.3 Å². The third kappa shape index (κ3) is 4.65. The van der Waals surface area contributed by atoms with Gasteiger partial charge in [0.1, 0.15) is 17.6 Å². The van der Waals surface area contributed by atoms with Crippen LogP contribution in [0.25, 0.3) is 0 Å². The SMILES string of the molecule is N#Cc1ccc(Cn2cncc2CN[C@H]2CCN(S(=O)(=O)c3cccc(O)c3)C2)cc1F. The van der Waals surface area contributed by atoms with Gasteiger partial charge in [0.25, 0.3) is 0 Å². The van der Waals surface area contributed by atoms with Crippen LogP contribution < -0.4 is 5.32 Å². The van der Waals surface area contributed by atoms with Gasteiger partial charge < -0.3 is 15.0 Å². The zero-order valence-corrected chi connectivity index (χ0v) is 18.0. The van der Waals surface area contributed by atoms with Crippen molar-refractivity contribution >= 4 is 10.0 Å². The lowest BCUT2D eigenvalue weighted by Crippen LogP contribution is -2.35. The highest BCUT2D eigenvalue weighted by Crippen LogP contribution is 2.24. The Kier molecular flexibility index (Phi) is 6.23. The molecule has 0 bridgehead atoms. The first-order chi connectivity index (χ1) is 15.4. The molecule has 10 heteroatoms. The molecule has 1 aliphatic heterocycles. The van der Waals surface area contributed by atoms with Crippen molar-refractivity contribution in [2.24, 2.45) is 0 Å². The van der Waals surface area contributed by atoms with E-state index in [1.807, 2.05) is 10.6 Å². The maximum Gasteiger partial charge on any atom is 0.243 e. The van der Waals surface area contributed by atoms with Crippen molar-refractivity contribution in [3.63, 3.8) is 0 Å². The average Bonchev–Trinajstić information content (AvgIpc) is 3.42. The molecule has 8 nitrogen and oxygen atoms in total. The smallest absolute Gasteiger partial charge is 0.243 e. The fourth-order valence-corrected chi connectivity index (χ4v) is 5.28. The fourth-order valence-electron chi connectivity index (χ4n) is 3.74. The van der Waals surface area contributed by atoms with Crippen LogP contribution >= 0.6 is 0 Å². The van der Waals surface area contributed by atoms with Crippen LogP contribution in [0.5, 0.6) is 5.75 Å². The summed E-state index contributed by atoms with van der Waals surface area (Å²) < 4.78 is 42.8. The van der Waals surface area contributed by atoms with Crippen LogP contribution in [0.4, 0.5) is 4.39 Å². The van der Waals surface area contributed by atoms with Crippen LogP contribution in [0.2, 0.25) is 0 Å². The number of imidazole rings is 1. The Bertz CT molecular complexity index is 1270. The third-order valence-corrected chi connectivity index (χ3v) is 7.34.